The van der Waals surface area contributed by atoms with E-state index in [4.69, 9.17) is 0 Å². The highest BCUT2D eigenvalue weighted by Crippen LogP contribution is 2.32. The number of aryl methyl sites for hydroxylation is 1. The average molecular weight is 541 g/mol. The number of anilines is 2. The van der Waals surface area contributed by atoms with Gasteiger partial charge in [0.1, 0.15) is 11.6 Å². The summed E-state index contributed by atoms with van der Waals surface area (Å²) in [5.74, 6) is -3.68. The lowest BCUT2D eigenvalue weighted by Crippen LogP contribution is -2.29. The van der Waals surface area contributed by atoms with Crippen molar-refractivity contribution in [3.05, 3.63) is 106 Å². The zero-order valence-corrected chi connectivity index (χ0v) is 23.6. The second kappa shape index (κ2) is 13.2. The Morgan fingerprint density at radius 2 is 1.62 bits per heavy atom. The maximum absolute atomic E-state index is 14.4. The summed E-state index contributed by atoms with van der Waals surface area (Å²) >= 11 is 0. The third kappa shape index (κ3) is 8.11. The number of rotatable bonds is 13. The van der Waals surface area contributed by atoms with Gasteiger partial charge in [0.15, 0.2) is 0 Å². The van der Waals surface area contributed by atoms with Crippen molar-refractivity contribution in [3.8, 4) is 0 Å². The molecular formula is C33H40F4N2. The van der Waals surface area contributed by atoms with Crippen LogP contribution in [0.1, 0.15) is 76.1 Å². The van der Waals surface area contributed by atoms with Crippen molar-refractivity contribution in [1.29, 1.82) is 0 Å². The van der Waals surface area contributed by atoms with E-state index in [0.717, 1.165) is 53.5 Å². The van der Waals surface area contributed by atoms with Gasteiger partial charge < -0.3 is 10.6 Å². The zero-order chi connectivity index (χ0) is 28.6. The predicted octanol–water partition coefficient (Wildman–Crippen LogP) is 9.76. The third-order valence-electron chi connectivity index (χ3n) is 6.97. The van der Waals surface area contributed by atoms with Crippen molar-refractivity contribution in [2.75, 3.05) is 17.2 Å². The van der Waals surface area contributed by atoms with Crippen LogP contribution in [0.25, 0.3) is 0 Å². The second-order valence-electron chi connectivity index (χ2n) is 10.7. The fourth-order valence-electron chi connectivity index (χ4n) is 4.64. The van der Waals surface area contributed by atoms with Gasteiger partial charge in [-0.25, -0.2) is 17.6 Å². The Bertz CT molecular complexity index is 1260. The molecule has 0 aliphatic carbocycles. The van der Waals surface area contributed by atoms with Gasteiger partial charge >= 0.3 is 0 Å². The summed E-state index contributed by atoms with van der Waals surface area (Å²) < 4.78 is 56.2. The molecule has 2 nitrogen and oxygen atoms in total. The van der Waals surface area contributed by atoms with Gasteiger partial charge in [0.05, 0.1) is 0 Å². The minimum atomic E-state index is -2.81. The van der Waals surface area contributed by atoms with Crippen LogP contribution in [0.2, 0.25) is 0 Å². The molecule has 0 atom stereocenters. The molecule has 0 heterocycles. The van der Waals surface area contributed by atoms with E-state index in [1.807, 2.05) is 26.0 Å². The van der Waals surface area contributed by atoms with E-state index < -0.39 is 23.0 Å². The smallest absolute Gasteiger partial charge is 0.273 e. The van der Waals surface area contributed by atoms with Crippen molar-refractivity contribution in [2.45, 2.75) is 78.1 Å². The van der Waals surface area contributed by atoms with Crippen LogP contribution in [-0.2, 0) is 24.2 Å². The Hall–Kier alpha value is -3.28. The van der Waals surface area contributed by atoms with Crippen LogP contribution in [-0.4, -0.2) is 6.54 Å². The topological polar surface area (TPSA) is 24.1 Å². The summed E-state index contributed by atoms with van der Waals surface area (Å²) in [5, 5.41) is 6.97. The molecule has 0 saturated carbocycles. The van der Waals surface area contributed by atoms with Crippen LogP contribution in [0.3, 0.4) is 0 Å². The van der Waals surface area contributed by atoms with Gasteiger partial charge in [0, 0.05) is 47.4 Å². The highest BCUT2D eigenvalue weighted by molar-refractivity contribution is 5.62. The largest absolute Gasteiger partial charge is 0.384 e. The standard InChI is InChI=1S/C33H40F4N2/c1-6-9-24-20-28(16-18-31(24)38-22-32(4,5)29-21-26(34)15-17-30(29)35)39-27(10-7-2)19-23-11-13-25(14-12-23)33(36,37)8-3/h10-18,20-21,38-39H,6-9,19,22H2,1-5H3/b27-10-. The first-order chi connectivity index (χ1) is 18.5. The van der Waals surface area contributed by atoms with E-state index in [-0.39, 0.29) is 12.0 Å². The Balaban J connectivity index is 1.75. The van der Waals surface area contributed by atoms with Crippen molar-refractivity contribution < 1.29 is 17.6 Å². The molecule has 6 heteroatoms. The summed E-state index contributed by atoms with van der Waals surface area (Å²) in [4.78, 5) is 0. The fourth-order valence-corrected chi connectivity index (χ4v) is 4.64. The minimum absolute atomic E-state index is 0.0401. The van der Waals surface area contributed by atoms with Gasteiger partial charge in [-0.15, -0.1) is 0 Å². The molecule has 0 aliphatic heterocycles. The van der Waals surface area contributed by atoms with Gasteiger partial charge in [0.25, 0.3) is 5.92 Å². The van der Waals surface area contributed by atoms with Crippen molar-refractivity contribution in [2.24, 2.45) is 0 Å². The monoisotopic (exact) mass is 540 g/mol. The highest BCUT2D eigenvalue weighted by Gasteiger charge is 2.28. The van der Waals surface area contributed by atoms with Gasteiger partial charge in [-0.3, -0.25) is 0 Å². The van der Waals surface area contributed by atoms with E-state index in [0.29, 0.717) is 18.5 Å². The SMILES string of the molecule is CC/C=C(/Cc1ccc(C(F)(F)CC)cc1)Nc1ccc(NCC(C)(C)c2cc(F)ccc2F)c(CCC)c1. The van der Waals surface area contributed by atoms with Crippen LogP contribution < -0.4 is 10.6 Å². The lowest BCUT2D eigenvalue weighted by molar-refractivity contribution is -0.00829. The first-order valence-corrected chi connectivity index (χ1v) is 13.7. The van der Waals surface area contributed by atoms with Crippen LogP contribution in [0.4, 0.5) is 28.9 Å². The van der Waals surface area contributed by atoms with Crippen LogP contribution in [0, 0.1) is 11.6 Å². The first-order valence-electron chi connectivity index (χ1n) is 13.7. The van der Waals surface area contributed by atoms with E-state index >= 15 is 0 Å². The third-order valence-corrected chi connectivity index (χ3v) is 6.97. The molecule has 39 heavy (non-hydrogen) atoms. The Morgan fingerprint density at radius 1 is 0.897 bits per heavy atom. The lowest BCUT2D eigenvalue weighted by atomic mass is 9.84. The van der Waals surface area contributed by atoms with Crippen LogP contribution in [0.15, 0.2) is 72.4 Å². The van der Waals surface area contributed by atoms with Gasteiger partial charge in [-0.2, -0.15) is 0 Å². The van der Waals surface area contributed by atoms with Crippen molar-refractivity contribution in [1.82, 2.24) is 0 Å². The lowest BCUT2D eigenvalue weighted by Gasteiger charge is -2.27. The fraction of sp³-hybridized carbons (Fsp3) is 0.394. The van der Waals surface area contributed by atoms with Gasteiger partial charge in [0.2, 0.25) is 0 Å². The molecule has 3 aromatic rings. The summed E-state index contributed by atoms with van der Waals surface area (Å²) in [6.07, 6.45) is 5.12. The number of halogens is 4. The molecule has 210 valence electrons. The van der Waals surface area contributed by atoms with Crippen molar-refractivity contribution >= 4 is 11.4 Å². The molecule has 0 aliphatic rings. The van der Waals surface area contributed by atoms with Crippen LogP contribution in [0.5, 0.6) is 0 Å². The molecule has 0 spiro atoms. The second-order valence-corrected chi connectivity index (χ2v) is 10.7. The summed E-state index contributed by atoms with van der Waals surface area (Å²) in [5.41, 5.74) is 4.73. The van der Waals surface area contributed by atoms with E-state index in [2.05, 4.69) is 36.6 Å². The molecule has 0 fully saturated rings. The molecule has 3 rings (SSSR count). The van der Waals surface area contributed by atoms with E-state index in [9.17, 15) is 17.6 Å². The Labute approximate surface area is 230 Å². The van der Waals surface area contributed by atoms with E-state index in [1.165, 1.54) is 31.2 Å². The number of hydrogen-bond acceptors (Lipinski definition) is 2. The normalized spacial score (nSPS) is 12.5. The first kappa shape index (κ1) is 30.3. The number of hydrogen-bond donors (Lipinski definition) is 2. The quantitative estimate of drug-likeness (QED) is 0.211. The zero-order valence-electron chi connectivity index (χ0n) is 23.6. The van der Waals surface area contributed by atoms with Gasteiger partial charge in [-0.05, 0) is 65.9 Å². The summed E-state index contributed by atoms with van der Waals surface area (Å²) in [6.45, 7) is 9.88. The molecule has 0 radical (unpaired) electrons. The van der Waals surface area contributed by atoms with Crippen LogP contribution >= 0.6 is 0 Å². The molecule has 3 aromatic carbocycles. The molecule has 2 N–H and O–H groups in total. The summed E-state index contributed by atoms with van der Waals surface area (Å²) in [6, 6.07) is 16.2. The highest BCUT2D eigenvalue weighted by atomic mass is 19.3. The average Bonchev–Trinajstić information content (AvgIpc) is 2.90. The predicted molar refractivity (Wildman–Crippen MR) is 155 cm³/mol. The van der Waals surface area contributed by atoms with Crippen molar-refractivity contribution in [3.63, 3.8) is 0 Å². The maximum Gasteiger partial charge on any atom is 0.273 e. The summed E-state index contributed by atoms with van der Waals surface area (Å²) in [7, 11) is 0. The number of alkyl halides is 2. The number of nitrogens with one attached hydrogen (secondary N) is 2. The number of benzene rings is 3. The number of allylic oxidation sites excluding steroid dienone is 2. The molecule has 0 aromatic heterocycles. The Kier molecular flexibility index (Phi) is 10.2. The Morgan fingerprint density at radius 3 is 2.26 bits per heavy atom. The van der Waals surface area contributed by atoms with Gasteiger partial charge in [-0.1, -0.05) is 71.4 Å². The molecule has 0 unspecified atom stereocenters. The molecule has 0 amide bonds. The minimum Gasteiger partial charge on any atom is -0.384 e. The maximum atomic E-state index is 14.4. The van der Waals surface area contributed by atoms with E-state index in [1.54, 1.807) is 12.1 Å². The molecule has 0 bridgehead atoms. The molecule has 0 saturated heterocycles. The molecular weight excluding hydrogens is 500 g/mol.